The zero-order valence-electron chi connectivity index (χ0n) is 5.52. The summed E-state index contributed by atoms with van der Waals surface area (Å²) < 4.78 is 0. The summed E-state index contributed by atoms with van der Waals surface area (Å²) in [4.78, 5) is 0. The molecule has 0 spiro atoms. The monoisotopic (exact) mass is 119 g/mol. The highest BCUT2D eigenvalue weighted by atomic mass is 14.4. The van der Waals surface area contributed by atoms with E-state index in [4.69, 9.17) is 11.7 Å². The first-order valence-corrected chi connectivity index (χ1v) is 3.07. The number of nitrogens with zero attached hydrogens (tertiary/aromatic N) is 1. The van der Waals surface area contributed by atoms with Crippen molar-refractivity contribution >= 4 is 0 Å². The number of hydrogen-bond acceptors (Lipinski definition) is 1. The van der Waals surface area contributed by atoms with E-state index in [0.29, 0.717) is 5.92 Å². The van der Waals surface area contributed by atoms with E-state index in [1.807, 2.05) is 6.92 Å². The van der Waals surface area contributed by atoms with Gasteiger partial charge in [0.1, 0.15) is 0 Å². The molecule has 46 valence electrons. The van der Waals surface area contributed by atoms with Crippen molar-refractivity contribution in [3.8, 4) is 18.4 Å². The van der Waals surface area contributed by atoms with Gasteiger partial charge in [0.2, 0.25) is 0 Å². The molecule has 0 unspecified atom stereocenters. The third kappa shape index (κ3) is 0.911. The molecule has 0 N–H and O–H groups in total. The van der Waals surface area contributed by atoms with Gasteiger partial charge in [0.05, 0.1) is 11.5 Å². The molecule has 0 heterocycles. The largest absolute Gasteiger partial charge is 0.198 e. The zero-order chi connectivity index (χ0) is 6.91. The van der Waals surface area contributed by atoms with Crippen LogP contribution in [0.4, 0.5) is 0 Å². The summed E-state index contributed by atoms with van der Waals surface area (Å²) in [6.07, 6.45) is 6.93. The maximum Gasteiger partial charge on any atom is 0.0687 e. The van der Waals surface area contributed by atoms with Gasteiger partial charge in [-0.1, -0.05) is 0 Å². The van der Waals surface area contributed by atoms with Gasteiger partial charge < -0.3 is 0 Å². The summed E-state index contributed by atoms with van der Waals surface area (Å²) >= 11 is 0. The van der Waals surface area contributed by atoms with Crippen LogP contribution in [0.15, 0.2) is 0 Å². The van der Waals surface area contributed by atoms with E-state index < -0.39 is 0 Å². The molecule has 0 amide bonds. The van der Waals surface area contributed by atoms with Crippen molar-refractivity contribution in [2.75, 3.05) is 0 Å². The van der Waals surface area contributed by atoms with Crippen LogP contribution in [0.5, 0.6) is 0 Å². The molecule has 0 atom stereocenters. The van der Waals surface area contributed by atoms with Gasteiger partial charge in [0.15, 0.2) is 0 Å². The van der Waals surface area contributed by atoms with Crippen LogP contribution in [0, 0.1) is 35.0 Å². The fraction of sp³-hybridized carbons (Fsp3) is 0.625. The molecule has 0 aliphatic heterocycles. The summed E-state index contributed by atoms with van der Waals surface area (Å²) in [5, 5.41) is 8.54. The molecular formula is C8H9N. The van der Waals surface area contributed by atoms with E-state index in [0.717, 1.165) is 12.8 Å². The van der Waals surface area contributed by atoms with Crippen LogP contribution in [-0.2, 0) is 0 Å². The van der Waals surface area contributed by atoms with E-state index in [1.54, 1.807) is 0 Å². The van der Waals surface area contributed by atoms with E-state index in [2.05, 4.69) is 12.0 Å². The fourth-order valence-corrected chi connectivity index (χ4v) is 1.24. The molecule has 1 heteroatoms. The van der Waals surface area contributed by atoms with Gasteiger partial charge in [-0.15, -0.1) is 12.3 Å². The summed E-state index contributed by atoms with van der Waals surface area (Å²) in [5.74, 6) is 3.01. The summed E-state index contributed by atoms with van der Waals surface area (Å²) in [6.45, 7) is 1.96. The molecular weight excluding hydrogens is 110 g/mol. The normalized spacial score (nSPS) is 40.1. The standard InChI is InChI=1S/C8H9N/c1-3-7-4-8(2,5-7)6-9/h1,7H,4-5H2,2H3. The number of terminal acetylenes is 1. The fourth-order valence-electron chi connectivity index (χ4n) is 1.24. The summed E-state index contributed by atoms with van der Waals surface area (Å²) in [6, 6.07) is 2.25. The maximum absolute atomic E-state index is 8.54. The topological polar surface area (TPSA) is 23.8 Å². The zero-order valence-corrected chi connectivity index (χ0v) is 5.52. The SMILES string of the molecule is C#CC1CC(C)(C#N)C1. The van der Waals surface area contributed by atoms with Gasteiger partial charge in [-0.25, -0.2) is 0 Å². The first-order chi connectivity index (χ1) is 4.20. The highest BCUT2D eigenvalue weighted by Gasteiger charge is 2.39. The average Bonchev–Trinajstić information content (AvgIpc) is 1.81. The molecule has 0 aromatic heterocycles. The van der Waals surface area contributed by atoms with Crippen LogP contribution >= 0.6 is 0 Å². The van der Waals surface area contributed by atoms with Crippen molar-refractivity contribution in [2.45, 2.75) is 19.8 Å². The Kier molecular flexibility index (Phi) is 1.22. The molecule has 0 bridgehead atoms. The number of hydrogen-bond donors (Lipinski definition) is 0. The molecule has 9 heavy (non-hydrogen) atoms. The first kappa shape index (κ1) is 6.17. The van der Waals surface area contributed by atoms with Crippen molar-refractivity contribution in [1.82, 2.24) is 0 Å². The second kappa shape index (κ2) is 1.78. The van der Waals surface area contributed by atoms with Gasteiger partial charge in [-0.2, -0.15) is 5.26 Å². The van der Waals surface area contributed by atoms with Gasteiger partial charge in [0.25, 0.3) is 0 Å². The Balaban J connectivity index is 2.46. The predicted octanol–water partition coefficient (Wildman–Crippen LogP) is 1.56. The Morgan fingerprint density at radius 3 is 2.56 bits per heavy atom. The Morgan fingerprint density at radius 2 is 2.22 bits per heavy atom. The smallest absolute Gasteiger partial charge is 0.0687 e. The van der Waals surface area contributed by atoms with Crippen molar-refractivity contribution in [2.24, 2.45) is 11.3 Å². The lowest BCUT2D eigenvalue weighted by Crippen LogP contribution is -2.31. The average molecular weight is 119 g/mol. The molecule has 1 aliphatic rings. The first-order valence-electron chi connectivity index (χ1n) is 3.07. The second-order valence-corrected chi connectivity index (χ2v) is 2.94. The van der Waals surface area contributed by atoms with Crippen molar-refractivity contribution in [3.05, 3.63) is 0 Å². The van der Waals surface area contributed by atoms with Crippen LogP contribution < -0.4 is 0 Å². The minimum Gasteiger partial charge on any atom is -0.198 e. The van der Waals surface area contributed by atoms with Crippen LogP contribution in [0.1, 0.15) is 19.8 Å². The van der Waals surface area contributed by atoms with Crippen LogP contribution in [0.2, 0.25) is 0 Å². The Hall–Kier alpha value is -0.950. The van der Waals surface area contributed by atoms with Crippen LogP contribution in [0.3, 0.4) is 0 Å². The van der Waals surface area contributed by atoms with Crippen molar-refractivity contribution in [3.63, 3.8) is 0 Å². The molecule has 0 aromatic rings. The lowest BCUT2D eigenvalue weighted by atomic mass is 9.64. The lowest BCUT2D eigenvalue weighted by molar-refractivity contribution is 0.185. The third-order valence-electron chi connectivity index (χ3n) is 1.90. The van der Waals surface area contributed by atoms with E-state index in [9.17, 15) is 0 Å². The maximum atomic E-state index is 8.54. The molecule has 1 aliphatic carbocycles. The molecule has 1 nitrogen and oxygen atoms in total. The molecule has 1 saturated carbocycles. The highest BCUT2D eigenvalue weighted by Crippen LogP contribution is 2.43. The Morgan fingerprint density at radius 1 is 1.67 bits per heavy atom. The summed E-state index contributed by atoms with van der Waals surface area (Å²) in [5.41, 5.74) is -0.100. The van der Waals surface area contributed by atoms with E-state index >= 15 is 0 Å². The Labute approximate surface area is 55.7 Å². The van der Waals surface area contributed by atoms with Gasteiger partial charge in [-0.05, 0) is 19.8 Å². The molecule has 0 radical (unpaired) electrons. The molecule has 1 fully saturated rings. The van der Waals surface area contributed by atoms with Crippen LogP contribution in [0.25, 0.3) is 0 Å². The molecule has 1 rings (SSSR count). The molecule has 0 saturated heterocycles. The van der Waals surface area contributed by atoms with Crippen LogP contribution in [-0.4, -0.2) is 0 Å². The van der Waals surface area contributed by atoms with E-state index in [-0.39, 0.29) is 5.41 Å². The minimum absolute atomic E-state index is 0.100. The summed E-state index contributed by atoms with van der Waals surface area (Å²) in [7, 11) is 0. The number of rotatable bonds is 0. The van der Waals surface area contributed by atoms with Gasteiger partial charge >= 0.3 is 0 Å². The predicted molar refractivity (Wildman–Crippen MR) is 35.3 cm³/mol. The van der Waals surface area contributed by atoms with Crippen molar-refractivity contribution in [1.29, 1.82) is 5.26 Å². The van der Waals surface area contributed by atoms with E-state index in [1.165, 1.54) is 0 Å². The van der Waals surface area contributed by atoms with Gasteiger partial charge in [0, 0.05) is 5.92 Å². The quantitative estimate of drug-likeness (QED) is 0.444. The van der Waals surface area contributed by atoms with Gasteiger partial charge in [-0.3, -0.25) is 0 Å². The van der Waals surface area contributed by atoms with Crippen molar-refractivity contribution < 1.29 is 0 Å². The Bertz CT molecular complexity index is 186. The highest BCUT2D eigenvalue weighted by molar-refractivity contribution is 5.13. The molecule has 0 aromatic carbocycles. The minimum atomic E-state index is -0.100. The number of nitriles is 1. The lowest BCUT2D eigenvalue weighted by Gasteiger charge is -2.36. The second-order valence-electron chi connectivity index (χ2n) is 2.94. The third-order valence-corrected chi connectivity index (χ3v) is 1.90.